The van der Waals surface area contributed by atoms with Crippen molar-refractivity contribution in [3.05, 3.63) is 11.6 Å². The molecular formula is C19H31N. The van der Waals surface area contributed by atoms with Gasteiger partial charge in [0.2, 0.25) is 0 Å². The van der Waals surface area contributed by atoms with E-state index >= 15 is 0 Å². The summed E-state index contributed by atoms with van der Waals surface area (Å²) in [6.45, 7) is 9.43. The van der Waals surface area contributed by atoms with Crippen molar-refractivity contribution < 1.29 is 0 Å². The van der Waals surface area contributed by atoms with E-state index in [-0.39, 0.29) is 5.92 Å². The predicted octanol–water partition coefficient (Wildman–Crippen LogP) is 5.73. The molecule has 0 aromatic carbocycles. The van der Waals surface area contributed by atoms with Crippen LogP contribution in [0, 0.1) is 40.4 Å². The molecule has 0 heterocycles. The lowest BCUT2D eigenvalue weighted by atomic mass is 9.83. The van der Waals surface area contributed by atoms with Crippen molar-refractivity contribution in [2.45, 2.75) is 72.6 Å². The summed E-state index contributed by atoms with van der Waals surface area (Å²) < 4.78 is 0. The van der Waals surface area contributed by atoms with Crippen molar-refractivity contribution in [3.8, 4) is 6.07 Å². The summed E-state index contributed by atoms with van der Waals surface area (Å²) >= 11 is 0. The van der Waals surface area contributed by atoms with Crippen LogP contribution in [0.4, 0.5) is 0 Å². The van der Waals surface area contributed by atoms with Gasteiger partial charge in [0, 0.05) is 0 Å². The number of hydrogen-bond donors (Lipinski definition) is 0. The second-order valence-electron chi connectivity index (χ2n) is 7.64. The van der Waals surface area contributed by atoms with E-state index in [4.69, 9.17) is 0 Å². The van der Waals surface area contributed by atoms with Crippen LogP contribution in [0.15, 0.2) is 11.6 Å². The lowest BCUT2D eigenvalue weighted by Gasteiger charge is -2.22. The van der Waals surface area contributed by atoms with Gasteiger partial charge in [-0.25, -0.2) is 0 Å². The molecule has 0 aromatic heterocycles. The molecule has 2 rings (SSSR count). The molecule has 0 N–H and O–H groups in total. The number of rotatable bonds is 6. The Morgan fingerprint density at radius 1 is 1.30 bits per heavy atom. The van der Waals surface area contributed by atoms with Crippen LogP contribution < -0.4 is 0 Å². The van der Waals surface area contributed by atoms with Gasteiger partial charge in [-0.3, -0.25) is 0 Å². The molecule has 1 nitrogen and oxygen atoms in total. The number of nitriles is 1. The summed E-state index contributed by atoms with van der Waals surface area (Å²) in [5, 5.41) is 9.43. The van der Waals surface area contributed by atoms with Crippen molar-refractivity contribution in [2.75, 3.05) is 0 Å². The number of nitrogens with zero attached hydrogens (tertiary/aromatic N) is 1. The van der Waals surface area contributed by atoms with Gasteiger partial charge in [0.1, 0.15) is 0 Å². The van der Waals surface area contributed by atoms with E-state index in [0.29, 0.717) is 11.3 Å². The molecule has 0 aromatic rings. The summed E-state index contributed by atoms with van der Waals surface area (Å²) in [5.41, 5.74) is 2.12. The van der Waals surface area contributed by atoms with Gasteiger partial charge in [-0.2, -0.15) is 5.26 Å². The van der Waals surface area contributed by atoms with E-state index in [0.717, 1.165) is 18.3 Å². The van der Waals surface area contributed by atoms with Gasteiger partial charge in [-0.1, -0.05) is 65.0 Å². The highest BCUT2D eigenvalue weighted by Crippen LogP contribution is 2.67. The zero-order chi connectivity index (χ0) is 14.8. The third-order valence-electron chi connectivity index (χ3n) is 5.82. The first-order valence-electron chi connectivity index (χ1n) is 8.63. The third kappa shape index (κ3) is 3.11. The average molecular weight is 273 g/mol. The molecule has 2 aliphatic carbocycles. The number of fused-ring (bicyclic) bond motifs is 1. The molecule has 0 amide bonds. The van der Waals surface area contributed by atoms with Crippen LogP contribution in [0.5, 0.6) is 0 Å². The van der Waals surface area contributed by atoms with Gasteiger partial charge in [0.25, 0.3) is 0 Å². The zero-order valence-electron chi connectivity index (χ0n) is 13.8. The Kier molecular flexibility index (Phi) is 4.95. The van der Waals surface area contributed by atoms with Gasteiger partial charge in [0.05, 0.1) is 12.0 Å². The lowest BCUT2D eigenvalue weighted by Crippen LogP contribution is -2.11. The molecule has 20 heavy (non-hydrogen) atoms. The molecule has 4 unspecified atom stereocenters. The summed E-state index contributed by atoms with van der Waals surface area (Å²) in [7, 11) is 0. The van der Waals surface area contributed by atoms with E-state index in [1.54, 1.807) is 5.57 Å². The molecule has 4 atom stereocenters. The van der Waals surface area contributed by atoms with Crippen molar-refractivity contribution in [1.29, 1.82) is 5.26 Å². The van der Waals surface area contributed by atoms with Gasteiger partial charge in [-0.05, 0) is 42.4 Å². The Hall–Kier alpha value is -0.770. The first-order chi connectivity index (χ1) is 9.52. The van der Waals surface area contributed by atoms with Crippen LogP contribution in [0.2, 0.25) is 0 Å². The Labute approximate surface area is 125 Å². The maximum Gasteiger partial charge on any atom is 0.0697 e. The van der Waals surface area contributed by atoms with Crippen molar-refractivity contribution in [2.24, 2.45) is 29.1 Å². The SMILES string of the molecule is CCCCCCC(C#N)C=C1C(C)CCC2C1C2(C)C. The van der Waals surface area contributed by atoms with Crippen LogP contribution in [-0.4, -0.2) is 0 Å². The fourth-order valence-electron chi connectivity index (χ4n) is 4.32. The van der Waals surface area contributed by atoms with Crippen LogP contribution >= 0.6 is 0 Å². The largest absolute Gasteiger partial charge is 0.198 e. The van der Waals surface area contributed by atoms with Gasteiger partial charge in [0.15, 0.2) is 0 Å². The van der Waals surface area contributed by atoms with Crippen molar-refractivity contribution in [1.82, 2.24) is 0 Å². The fraction of sp³-hybridized carbons (Fsp3) is 0.842. The minimum absolute atomic E-state index is 0.152. The van der Waals surface area contributed by atoms with Gasteiger partial charge >= 0.3 is 0 Å². The maximum absolute atomic E-state index is 9.43. The van der Waals surface area contributed by atoms with Crippen LogP contribution in [0.25, 0.3) is 0 Å². The highest BCUT2D eigenvalue weighted by Gasteiger charge is 2.60. The monoisotopic (exact) mass is 273 g/mol. The minimum atomic E-state index is 0.152. The quantitative estimate of drug-likeness (QED) is 0.448. The highest BCUT2D eigenvalue weighted by atomic mass is 14.6. The fourth-order valence-corrected chi connectivity index (χ4v) is 4.32. The first kappa shape index (κ1) is 15.6. The predicted molar refractivity (Wildman–Crippen MR) is 85.1 cm³/mol. The molecular weight excluding hydrogens is 242 g/mol. The van der Waals surface area contributed by atoms with Crippen LogP contribution in [0.3, 0.4) is 0 Å². The topological polar surface area (TPSA) is 23.8 Å². The minimum Gasteiger partial charge on any atom is -0.198 e. The molecule has 0 spiro atoms. The van der Waals surface area contributed by atoms with Crippen molar-refractivity contribution in [3.63, 3.8) is 0 Å². The molecule has 0 saturated heterocycles. The van der Waals surface area contributed by atoms with Crippen LogP contribution in [-0.2, 0) is 0 Å². The first-order valence-corrected chi connectivity index (χ1v) is 8.63. The van der Waals surface area contributed by atoms with Crippen LogP contribution in [0.1, 0.15) is 72.6 Å². The molecule has 112 valence electrons. The maximum atomic E-state index is 9.43. The van der Waals surface area contributed by atoms with E-state index in [1.807, 2.05) is 0 Å². The number of allylic oxidation sites excluding steroid dienone is 2. The molecule has 0 bridgehead atoms. The van der Waals surface area contributed by atoms with Crippen molar-refractivity contribution >= 4 is 0 Å². The highest BCUT2D eigenvalue weighted by molar-refractivity contribution is 5.29. The standard InChI is InChI=1S/C19H31N/c1-5-6-7-8-9-15(13-20)12-16-14(2)10-11-17-18(16)19(17,3)4/h12,14-15,17-18H,5-11H2,1-4H3. The second-order valence-corrected chi connectivity index (χ2v) is 7.64. The summed E-state index contributed by atoms with van der Waals surface area (Å²) in [5.74, 6) is 2.52. The number of hydrogen-bond acceptors (Lipinski definition) is 1. The third-order valence-corrected chi connectivity index (χ3v) is 5.82. The Balaban J connectivity index is 1.98. The normalized spacial score (nSPS) is 34.4. The lowest BCUT2D eigenvalue weighted by molar-refractivity contribution is 0.455. The Morgan fingerprint density at radius 3 is 2.70 bits per heavy atom. The molecule has 0 aliphatic heterocycles. The Bertz CT molecular complexity index is 398. The van der Waals surface area contributed by atoms with E-state index < -0.39 is 0 Å². The van der Waals surface area contributed by atoms with E-state index in [1.165, 1.54) is 38.5 Å². The second kappa shape index (κ2) is 6.33. The number of unbranched alkanes of at least 4 members (excludes halogenated alkanes) is 3. The van der Waals surface area contributed by atoms with E-state index in [9.17, 15) is 5.26 Å². The molecule has 2 saturated carbocycles. The molecule has 1 heteroatoms. The van der Waals surface area contributed by atoms with Gasteiger partial charge in [-0.15, -0.1) is 0 Å². The summed E-state index contributed by atoms with van der Waals surface area (Å²) in [4.78, 5) is 0. The molecule has 2 fully saturated rings. The smallest absolute Gasteiger partial charge is 0.0697 e. The Morgan fingerprint density at radius 2 is 2.05 bits per heavy atom. The average Bonchev–Trinajstić information content (AvgIpc) is 2.98. The zero-order valence-corrected chi connectivity index (χ0v) is 13.8. The molecule has 2 aliphatic rings. The molecule has 0 radical (unpaired) electrons. The van der Waals surface area contributed by atoms with E-state index in [2.05, 4.69) is 39.8 Å². The summed E-state index contributed by atoms with van der Waals surface area (Å²) in [6, 6.07) is 2.54. The summed E-state index contributed by atoms with van der Waals surface area (Å²) in [6.07, 6.45) is 11.2. The van der Waals surface area contributed by atoms with Gasteiger partial charge < -0.3 is 0 Å².